The molecule has 2 amide bonds. The van der Waals surface area contributed by atoms with Crippen molar-refractivity contribution in [3.8, 4) is 11.1 Å². The van der Waals surface area contributed by atoms with Crippen molar-refractivity contribution in [2.24, 2.45) is 13.0 Å². The number of hydrogen-bond donors (Lipinski definition) is 1. The zero-order valence-electron chi connectivity index (χ0n) is 17.1. The molecule has 1 atom stereocenters. The summed E-state index contributed by atoms with van der Waals surface area (Å²) in [7, 11) is 1.78. The van der Waals surface area contributed by atoms with Crippen LogP contribution in [0, 0.1) is 5.92 Å². The number of carbonyl (C=O) groups excluding carboxylic acids is 2. The van der Waals surface area contributed by atoms with Crippen LogP contribution in [0.15, 0.2) is 66.9 Å². The largest absolute Gasteiger partial charge is 0.352 e. The highest BCUT2D eigenvalue weighted by Gasteiger charge is 2.26. The average molecular weight is 402 g/mol. The number of amides is 2. The van der Waals surface area contributed by atoms with E-state index in [2.05, 4.69) is 22.5 Å². The number of hydrogen-bond acceptors (Lipinski definition) is 3. The van der Waals surface area contributed by atoms with Gasteiger partial charge in [0.2, 0.25) is 0 Å². The normalized spacial score (nSPS) is 16.3. The van der Waals surface area contributed by atoms with E-state index < -0.39 is 0 Å². The molecule has 1 fully saturated rings. The summed E-state index contributed by atoms with van der Waals surface area (Å²) >= 11 is 0. The molecule has 1 aromatic heterocycles. The second-order valence-corrected chi connectivity index (χ2v) is 7.75. The molecule has 0 saturated carbocycles. The van der Waals surface area contributed by atoms with Crippen molar-refractivity contribution in [1.82, 2.24) is 20.0 Å². The minimum Gasteiger partial charge on any atom is -0.352 e. The summed E-state index contributed by atoms with van der Waals surface area (Å²) in [5.41, 5.74) is 3.46. The van der Waals surface area contributed by atoms with Gasteiger partial charge in [0.05, 0.1) is 0 Å². The van der Waals surface area contributed by atoms with Crippen molar-refractivity contribution in [1.29, 1.82) is 0 Å². The van der Waals surface area contributed by atoms with E-state index in [0.717, 1.165) is 30.5 Å². The van der Waals surface area contributed by atoms with Crippen LogP contribution in [0.1, 0.15) is 33.7 Å². The maximum atomic E-state index is 12.7. The summed E-state index contributed by atoms with van der Waals surface area (Å²) in [6, 6.07) is 19.5. The summed E-state index contributed by atoms with van der Waals surface area (Å²) in [5.74, 6) is 0.177. The van der Waals surface area contributed by atoms with Crippen LogP contribution in [0.25, 0.3) is 11.1 Å². The molecular weight excluding hydrogens is 376 g/mol. The fraction of sp³-hybridized carbons (Fsp3) is 0.292. The topological polar surface area (TPSA) is 67.2 Å². The number of nitrogens with zero attached hydrogens (tertiary/aromatic N) is 3. The third-order valence-corrected chi connectivity index (χ3v) is 5.65. The highest BCUT2D eigenvalue weighted by atomic mass is 16.2. The molecule has 0 bridgehead atoms. The number of nitrogens with one attached hydrogen (secondary N) is 1. The molecule has 1 aliphatic rings. The maximum Gasteiger partial charge on any atom is 0.272 e. The summed E-state index contributed by atoms with van der Waals surface area (Å²) in [6.07, 6.45) is 3.58. The lowest BCUT2D eigenvalue weighted by Gasteiger charge is -2.32. The summed E-state index contributed by atoms with van der Waals surface area (Å²) in [6.45, 7) is 1.96. The molecule has 154 valence electrons. The highest BCUT2D eigenvalue weighted by Crippen LogP contribution is 2.20. The van der Waals surface area contributed by atoms with E-state index in [1.807, 2.05) is 47.4 Å². The highest BCUT2D eigenvalue weighted by molar-refractivity contribution is 5.94. The number of aromatic nitrogens is 2. The first kappa shape index (κ1) is 19.9. The van der Waals surface area contributed by atoms with Crippen LogP contribution < -0.4 is 5.32 Å². The number of likely N-dealkylation sites (tertiary alicyclic amines) is 1. The third kappa shape index (κ3) is 4.43. The first-order chi connectivity index (χ1) is 14.6. The SMILES string of the molecule is Cn1nccc1C(=O)N1CCC[C@@H](CNC(=O)c2ccc(-c3ccccc3)cc2)C1. The smallest absolute Gasteiger partial charge is 0.272 e. The van der Waals surface area contributed by atoms with E-state index in [9.17, 15) is 9.59 Å². The van der Waals surface area contributed by atoms with Gasteiger partial charge in [0.15, 0.2) is 0 Å². The molecule has 1 N–H and O–H groups in total. The minimum absolute atomic E-state index is 0.00234. The fourth-order valence-corrected chi connectivity index (χ4v) is 3.95. The van der Waals surface area contributed by atoms with E-state index in [4.69, 9.17) is 0 Å². The van der Waals surface area contributed by atoms with Gasteiger partial charge in [-0.3, -0.25) is 14.3 Å². The Bertz CT molecular complexity index is 1010. The van der Waals surface area contributed by atoms with Gasteiger partial charge in [-0.25, -0.2) is 0 Å². The van der Waals surface area contributed by atoms with Crippen LogP contribution in [0.3, 0.4) is 0 Å². The van der Waals surface area contributed by atoms with E-state index in [-0.39, 0.29) is 17.7 Å². The second-order valence-electron chi connectivity index (χ2n) is 7.75. The molecule has 6 nitrogen and oxygen atoms in total. The zero-order chi connectivity index (χ0) is 20.9. The number of piperidine rings is 1. The lowest BCUT2D eigenvalue weighted by Crippen LogP contribution is -2.44. The van der Waals surface area contributed by atoms with E-state index in [1.165, 1.54) is 0 Å². The standard InChI is InChI=1S/C24H26N4O2/c1-27-22(13-14-26-27)24(30)28-15-5-6-18(17-28)16-25-23(29)21-11-9-20(10-12-21)19-7-3-2-4-8-19/h2-4,7-14,18H,5-6,15-17H2,1H3,(H,25,29)/t18-/m0/s1. The van der Waals surface area contributed by atoms with E-state index in [0.29, 0.717) is 24.3 Å². The van der Waals surface area contributed by atoms with Crippen molar-refractivity contribution in [3.05, 3.63) is 78.1 Å². The Kier molecular flexibility index (Phi) is 5.93. The minimum atomic E-state index is -0.0790. The molecule has 0 aliphatic carbocycles. The lowest BCUT2D eigenvalue weighted by molar-refractivity contribution is 0.0660. The second kappa shape index (κ2) is 8.95. The van der Waals surface area contributed by atoms with Crippen molar-refractivity contribution < 1.29 is 9.59 Å². The predicted octanol–water partition coefficient (Wildman–Crippen LogP) is 3.37. The Morgan fingerprint density at radius 3 is 2.47 bits per heavy atom. The average Bonchev–Trinajstić information content (AvgIpc) is 3.23. The van der Waals surface area contributed by atoms with Gasteiger partial charge in [0.1, 0.15) is 5.69 Å². The van der Waals surface area contributed by atoms with Gasteiger partial charge in [-0.05, 0) is 48.1 Å². The van der Waals surface area contributed by atoms with Gasteiger partial charge in [0.25, 0.3) is 11.8 Å². The number of aryl methyl sites for hydroxylation is 1. The first-order valence-electron chi connectivity index (χ1n) is 10.3. The zero-order valence-corrected chi connectivity index (χ0v) is 17.1. The molecule has 2 aromatic carbocycles. The summed E-state index contributed by atoms with van der Waals surface area (Å²) in [4.78, 5) is 27.2. The lowest BCUT2D eigenvalue weighted by atomic mass is 9.97. The molecule has 4 rings (SSSR count). The Labute approximate surface area is 176 Å². The predicted molar refractivity (Wildman–Crippen MR) is 116 cm³/mol. The van der Waals surface area contributed by atoms with E-state index >= 15 is 0 Å². The van der Waals surface area contributed by atoms with Gasteiger partial charge in [-0.1, -0.05) is 42.5 Å². The molecule has 1 saturated heterocycles. The number of carbonyl (C=O) groups is 2. The molecule has 2 heterocycles. The monoisotopic (exact) mass is 402 g/mol. The quantitative estimate of drug-likeness (QED) is 0.712. The first-order valence-corrected chi connectivity index (χ1v) is 10.3. The molecule has 30 heavy (non-hydrogen) atoms. The van der Waals surface area contributed by atoms with Crippen molar-refractivity contribution in [2.75, 3.05) is 19.6 Å². The molecule has 3 aromatic rings. The van der Waals surface area contributed by atoms with Crippen molar-refractivity contribution in [3.63, 3.8) is 0 Å². The Hall–Kier alpha value is -3.41. The molecule has 0 unspecified atom stereocenters. The fourth-order valence-electron chi connectivity index (χ4n) is 3.95. The third-order valence-electron chi connectivity index (χ3n) is 5.65. The van der Waals surface area contributed by atoms with Crippen molar-refractivity contribution >= 4 is 11.8 Å². The van der Waals surface area contributed by atoms with Crippen LogP contribution in [-0.2, 0) is 7.05 Å². The van der Waals surface area contributed by atoms with Gasteiger partial charge in [-0.2, -0.15) is 5.10 Å². The van der Waals surface area contributed by atoms with Crippen molar-refractivity contribution in [2.45, 2.75) is 12.8 Å². The molecule has 0 spiro atoms. The molecule has 6 heteroatoms. The van der Waals surface area contributed by atoms with Crippen LogP contribution in [0.2, 0.25) is 0 Å². The Morgan fingerprint density at radius 2 is 1.77 bits per heavy atom. The summed E-state index contributed by atoms with van der Waals surface area (Å²) < 4.78 is 1.60. The molecule has 1 aliphatic heterocycles. The summed E-state index contributed by atoms with van der Waals surface area (Å²) in [5, 5.41) is 7.12. The Morgan fingerprint density at radius 1 is 1.03 bits per heavy atom. The van der Waals surface area contributed by atoms with Gasteiger partial charge >= 0.3 is 0 Å². The molecule has 0 radical (unpaired) electrons. The van der Waals surface area contributed by atoms with Gasteiger partial charge < -0.3 is 10.2 Å². The van der Waals surface area contributed by atoms with Crippen LogP contribution in [0.4, 0.5) is 0 Å². The van der Waals surface area contributed by atoms with E-state index in [1.54, 1.807) is 24.0 Å². The van der Waals surface area contributed by atoms with Gasteiger partial charge in [0, 0.05) is 38.4 Å². The van der Waals surface area contributed by atoms with Crippen LogP contribution in [-0.4, -0.2) is 46.1 Å². The van der Waals surface area contributed by atoms with Crippen LogP contribution in [0.5, 0.6) is 0 Å². The van der Waals surface area contributed by atoms with Gasteiger partial charge in [-0.15, -0.1) is 0 Å². The maximum absolute atomic E-state index is 12.7. The molecular formula is C24H26N4O2. The van der Waals surface area contributed by atoms with Crippen LogP contribution >= 0.6 is 0 Å². The Balaban J connectivity index is 1.32. The number of rotatable bonds is 5. The number of benzene rings is 2.